The van der Waals surface area contributed by atoms with Crippen LogP contribution in [0.1, 0.15) is 63.5 Å². The third-order valence-electron chi connectivity index (χ3n) is 7.84. The lowest BCUT2D eigenvalue weighted by molar-refractivity contribution is -0.138. The van der Waals surface area contributed by atoms with Crippen molar-refractivity contribution in [3.05, 3.63) is 35.4 Å². The van der Waals surface area contributed by atoms with Crippen molar-refractivity contribution in [2.75, 3.05) is 19.0 Å². The van der Waals surface area contributed by atoms with Gasteiger partial charge in [0.15, 0.2) is 5.78 Å². The molecule has 28 heavy (non-hydrogen) atoms. The fraction of sp³-hybridized carbons (Fsp3) is 0.640. The van der Waals surface area contributed by atoms with Crippen LogP contribution in [0.3, 0.4) is 0 Å². The van der Waals surface area contributed by atoms with E-state index in [2.05, 4.69) is 56.4 Å². The molecular formula is C25H34N2O. The van der Waals surface area contributed by atoms with Crippen LogP contribution < -0.4 is 10.2 Å². The van der Waals surface area contributed by atoms with Gasteiger partial charge in [0.1, 0.15) is 0 Å². The van der Waals surface area contributed by atoms with E-state index in [4.69, 9.17) is 0 Å². The van der Waals surface area contributed by atoms with E-state index in [9.17, 15) is 4.79 Å². The number of benzene rings is 1. The molecule has 4 bridgehead atoms. The van der Waals surface area contributed by atoms with E-state index < -0.39 is 0 Å². The summed E-state index contributed by atoms with van der Waals surface area (Å²) in [5, 5.41) is 3.70. The lowest BCUT2D eigenvalue weighted by Crippen LogP contribution is -2.50. The van der Waals surface area contributed by atoms with Gasteiger partial charge in [0.05, 0.1) is 0 Å². The first kappa shape index (κ1) is 18.3. The summed E-state index contributed by atoms with van der Waals surface area (Å²) in [5.41, 5.74) is 4.69. The van der Waals surface area contributed by atoms with E-state index in [1.807, 2.05) is 6.08 Å². The molecule has 3 nitrogen and oxygen atoms in total. The van der Waals surface area contributed by atoms with Crippen LogP contribution in [0.25, 0.3) is 5.70 Å². The second-order valence-corrected chi connectivity index (χ2v) is 11.0. The predicted octanol–water partition coefficient (Wildman–Crippen LogP) is 4.80. The molecule has 150 valence electrons. The lowest BCUT2D eigenvalue weighted by atomic mass is 9.48. The monoisotopic (exact) mass is 378 g/mol. The first-order valence-corrected chi connectivity index (χ1v) is 11.1. The molecule has 6 rings (SSSR count). The van der Waals surface area contributed by atoms with Gasteiger partial charge in [0.25, 0.3) is 0 Å². The minimum Gasteiger partial charge on any atom is -0.379 e. The number of rotatable bonds is 3. The fourth-order valence-electron chi connectivity index (χ4n) is 7.01. The Kier molecular flexibility index (Phi) is 3.99. The van der Waals surface area contributed by atoms with Gasteiger partial charge < -0.3 is 10.2 Å². The Morgan fingerprint density at radius 2 is 1.68 bits per heavy atom. The average Bonchev–Trinajstić information content (AvgIpc) is 2.59. The van der Waals surface area contributed by atoms with Gasteiger partial charge in [0.2, 0.25) is 0 Å². The highest BCUT2D eigenvalue weighted by Crippen LogP contribution is 2.60. The SMILES string of the molecule is CN(C)c1ccc2c(c1)/C(=C/C(=O)C13CC4CC(CC(C4)C1)C3)NC(C)(C)C2. The molecule has 0 radical (unpaired) electrons. The van der Waals surface area contributed by atoms with Crippen LogP contribution in [-0.2, 0) is 11.2 Å². The molecule has 0 aromatic heterocycles. The van der Waals surface area contributed by atoms with Gasteiger partial charge in [-0.15, -0.1) is 0 Å². The van der Waals surface area contributed by atoms with Crippen LogP contribution in [0.5, 0.6) is 0 Å². The van der Waals surface area contributed by atoms with Crippen molar-refractivity contribution in [2.45, 2.75) is 64.3 Å². The zero-order valence-corrected chi connectivity index (χ0v) is 17.8. The first-order chi connectivity index (χ1) is 13.2. The van der Waals surface area contributed by atoms with E-state index >= 15 is 0 Å². The summed E-state index contributed by atoms with van der Waals surface area (Å²) >= 11 is 0. The Bertz CT molecular complexity index is 813. The number of ketones is 1. The normalized spacial score (nSPS) is 36.1. The van der Waals surface area contributed by atoms with E-state index in [-0.39, 0.29) is 11.0 Å². The Hall–Kier alpha value is -1.77. The third kappa shape index (κ3) is 2.98. The van der Waals surface area contributed by atoms with Crippen LogP contribution in [0.4, 0.5) is 5.69 Å². The van der Waals surface area contributed by atoms with Gasteiger partial charge in [-0.05, 0) is 94.2 Å². The molecule has 4 fully saturated rings. The van der Waals surface area contributed by atoms with Crippen molar-refractivity contribution in [3.8, 4) is 0 Å². The van der Waals surface area contributed by atoms with Crippen LogP contribution >= 0.6 is 0 Å². The number of carbonyl (C=O) groups is 1. The minimum atomic E-state index is -0.0651. The largest absolute Gasteiger partial charge is 0.379 e. The number of fused-ring (bicyclic) bond motifs is 1. The van der Waals surface area contributed by atoms with Crippen molar-refractivity contribution in [2.24, 2.45) is 23.2 Å². The number of hydrogen-bond donors (Lipinski definition) is 1. The topological polar surface area (TPSA) is 32.3 Å². The molecule has 3 heteroatoms. The van der Waals surface area contributed by atoms with Crippen molar-refractivity contribution in [1.82, 2.24) is 5.32 Å². The summed E-state index contributed by atoms with van der Waals surface area (Å²) in [4.78, 5) is 15.8. The quantitative estimate of drug-likeness (QED) is 0.767. The van der Waals surface area contributed by atoms with Crippen molar-refractivity contribution in [1.29, 1.82) is 0 Å². The number of nitrogens with zero attached hydrogens (tertiary/aromatic N) is 1. The minimum absolute atomic E-state index is 0.0276. The second-order valence-electron chi connectivity index (χ2n) is 11.0. The van der Waals surface area contributed by atoms with Crippen LogP contribution in [0.2, 0.25) is 0 Å². The third-order valence-corrected chi connectivity index (χ3v) is 7.84. The maximum atomic E-state index is 13.7. The molecule has 0 amide bonds. The molecule has 1 aliphatic heterocycles. The summed E-state index contributed by atoms with van der Waals surface area (Å²) < 4.78 is 0. The molecule has 1 aromatic rings. The first-order valence-electron chi connectivity index (χ1n) is 11.1. The number of allylic oxidation sites excluding steroid dienone is 1. The van der Waals surface area contributed by atoms with E-state index in [0.717, 1.165) is 49.1 Å². The van der Waals surface area contributed by atoms with Crippen molar-refractivity contribution < 1.29 is 4.79 Å². The summed E-state index contributed by atoms with van der Waals surface area (Å²) in [6.45, 7) is 4.47. The van der Waals surface area contributed by atoms with E-state index in [1.165, 1.54) is 36.1 Å². The zero-order valence-electron chi connectivity index (χ0n) is 17.8. The molecule has 0 spiro atoms. The van der Waals surface area contributed by atoms with Gasteiger partial charge in [-0.2, -0.15) is 0 Å². The molecule has 1 N–H and O–H groups in total. The standard InChI is InChI=1S/C25H34N2O/c1-24(2)15-19-5-6-20(27(3)4)10-21(19)22(26-24)11-23(28)25-12-16-7-17(13-25)9-18(8-16)14-25/h5-6,10-11,16-18,26H,7-9,12-15H2,1-4H3/b22-11-. The Balaban J connectivity index is 1.52. The fourth-order valence-corrected chi connectivity index (χ4v) is 7.01. The smallest absolute Gasteiger partial charge is 0.163 e. The van der Waals surface area contributed by atoms with Crippen molar-refractivity contribution >= 4 is 17.2 Å². The molecule has 4 aliphatic carbocycles. The molecule has 5 aliphatic rings. The molecule has 1 heterocycles. The number of hydrogen-bond acceptors (Lipinski definition) is 3. The van der Waals surface area contributed by atoms with Gasteiger partial charge in [0, 0.05) is 48.1 Å². The van der Waals surface area contributed by atoms with Crippen molar-refractivity contribution in [3.63, 3.8) is 0 Å². The molecular weight excluding hydrogens is 344 g/mol. The molecule has 0 atom stereocenters. The van der Waals surface area contributed by atoms with Crippen LogP contribution in [-0.4, -0.2) is 25.4 Å². The van der Waals surface area contributed by atoms with E-state index in [0.29, 0.717) is 5.78 Å². The second kappa shape index (κ2) is 6.11. The number of carbonyl (C=O) groups excluding carboxylic acids is 1. The molecule has 4 saturated carbocycles. The zero-order chi connectivity index (χ0) is 19.7. The highest BCUT2D eigenvalue weighted by molar-refractivity contribution is 6.01. The highest BCUT2D eigenvalue weighted by Gasteiger charge is 2.54. The number of nitrogens with one attached hydrogen (secondary N) is 1. The highest BCUT2D eigenvalue weighted by atomic mass is 16.1. The Labute approximate surface area is 169 Å². The summed E-state index contributed by atoms with van der Waals surface area (Å²) in [6.07, 6.45) is 10.5. The van der Waals surface area contributed by atoms with Gasteiger partial charge >= 0.3 is 0 Å². The summed E-state index contributed by atoms with van der Waals surface area (Å²) in [5.74, 6) is 2.80. The molecule has 0 unspecified atom stereocenters. The van der Waals surface area contributed by atoms with Gasteiger partial charge in [-0.25, -0.2) is 0 Å². The predicted molar refractivity (Wildman–Crippen MR) is 115 cm³/mol. The summed E-state index contributed by atoms with van der Waals surface area (Å²) in [6, 6.07) is 6.69. The lowest BCUT2D eigenvalue weighted by Gasteiger charge is -2.55. The van der Waals surface area contributed by atoms with Gasteiger partial charge in [-0.3, -0.25) is 4.79 Å². The van der Waals surface area contributed by atoms with E-state index in [1.54, 1.807) is 0 Å². The maximum absolute atomic E-state index is 13.7. The van der Waals surface area contributed by atoms with Crippen LogP contribution in [0, 0.1) is 23.2 Å². The van der Waals surface area contributed by atoms with Gasteiger partial charge in [-0.1, -0.05) is 6.07 Å². The Morgan fingerprint density at radius 3 is 2.25 bits per heavy atom. The molecule has 0 saturated heterocycles. The summed E-state index contributed by atoms with van der Waals surface area (Å²) in [7, 11) is 4.15. The Morgan fingerprint density at radius 1 is 1.07 bits per heavy atom. The van der Waals surface area contributed by atoms with Crippen LogP contribution in [0.15, 0.2) is 24.3 Å². The molecule has 1 aromatic carbocycles. The number of anilines is 1. The average molecular weight is 379 g/mol. The maximum Gasteiger partial charge on any atom is 0.163 e.